The fourth-order valence-electron chi connectivity index (χ4n) is 2.80. The fraction of sp³-hybridized carbons (Fsp3) is 0.300. The molecule has 1 amide bonds. The van der Waals surface area contributed by atoms with Crippen molar-refractivity contribution in [3.63, 3.8) is 0 Å². The molecule has 2 N–H and O–H groups in total. The molecule has 3 aromatic rings. The van der Waals surface area contributed by atoms with E-state index in [0.29, 0.717) is 29.2 Å². The highest BCUT2D eigenvalue weighted by Crippen LogP contribution is 2.17. The number of nitrogens with one attached hydrogen (secondary N) is 2. The molecular formula is C20H23N5O2. The van der Waals surface area contributed by atoms with Gasteiger partial charge >= 0.3 is 0 Å². The van der Waals surface area contributed by atoms with E-state index in [9.17, 15) is 9.59 Å². The molecule has 0 saturated carbocycles. The molecule has 0 atom stereocenters. The van der Waals surface area contributed by atoms with Crippen LogP contribution in [-0.2, 0) is 6.42 Å². The zero-order valence-electron chi connectivity index (χ0n) is 16.0. The number of anilines is 1. The largest absolute Gasteiger partial charge is 0.306 e. The summed E-state index contributed by atoms with van der Waals surface area (Å²) >= 11 is 0. The molecule has 0 bridgehead atoms. The van der Waals surface area contributed by atoms with Crippen LogP contribution in [-0.4, -0.2) is 25.7 Å². The minimum Gasteiger partial charge on any atom is -0.306 e. The van der Waals surface area contributed by atoms with Gasteiger partial charge in [-0.15, -0.1) is 0 Å². The first-order valence-electron chi connectivity index (χ1n) is 8.93. The van der Waals surface area contributed by atoms with Gasteiger partial charge in [-0.05, 0) is 50.5 Å². The van der Waals surface area contributed by atoms with Gasteiger partial charge in [0.2, 0.25) is 5.95 Å². The van der Waals surface area contributed by atoms with Gasteiger partial charge in [0.05, 0.1) is 5.69 Å². The number of aromatic nitrogens is 4. The van der Waals surface area contributed by atoms with Crippen LogP contribution in [0.2, 0.25) is 0 Å². The summed E-state index contributed by atoms with van der Waals surface area (Å²) in [6.07, 6.45) is 1.58. The molecule has 3 rings (SSSR count). The predicted octanol–water partition coefficient (Wildman–Crippen LogP) is 3.09. The Morgan fingerprint density at radius 1 is 1.15 bits per heavy atom. The normalized spacial score (nSPS) is 10.8. The van der Waals surface area contributed by atoms with Crippen molar-refractivity contribution in [2.45, 2.75) is 40.5 Å². The van der Waals surface area contributed by atoms with Crippen LogP contribution >= 0.6 is 0 Å². The number of rotatable bonds is 5. The summed E-state index contributed by atoms with van der Waals surface area (Å²) in [5.74, 6) is 0.494. The standard InChI is InChI=1S/C20H23N5O2/c1-5-6-16-11-18(26)23-20(21-16)25-17(10-14(4)24-25)22-19(27)15-8-7-12(2)13(3)9-15/h7-11H,5-6H2,1-4H3,(H,22,27)(H,21,23,26). The molecule has 0 spiro atoms. The second kappa shape index (κ2) is 7.57. The van der Waals surface area contributed by atoms with Gasteiger partial charge in [-0.3, -0.25) is 14.6 Å². The van der Waals surface area contributed by atoms with Crippen LogP contribution in [0.25, 0.3) is 5.95 Å². The summed E-state index contributed by atoms with van der Waals surface area (Å²) in [5.41, 5.74) is 3.88. The van der Waals surface area contributed by atoms with Gasteiger partial charge in [0.15, 0.2) is 0 Å². The Morgan fingerprint density at radius 3 is 2.63 bits per heavy atom. The van der Waals surface area contributed by atoms with Gasteiger partial charge < -0.3 is 5.32 Å². The lowest BCUT2D eigenvalue weighted by Gasteiger charge is -2.10. The average molecular weight is 365 g/mol. The molecule has 27 heavy (non-hydrogen) atoms. The number of carbonyl (C=O) groups is 1. The van der Waals surface area contributed by atoms with Crippen molar-refractivity contribution >= 4 is 11.7 Å². The summed E-state index contributed by atoms with van der Waals surface area (Å²) in [5, 5.41) is 7.23. The molecule has 0 aliphatic carbocycles. The van der Waals surface area contributed by atoms with Crippen molar-refractivity contribution in [2.75, 3.05) is 5.32 Å². The highest BCUT2D eigenvalue weighted by molar-refractivity contribution is 6.04. The molecule has 7 nitrogen and oxygen atoms in total. The molecule has 0 radical (unpaired) electrons. The number of hydrogen-bond donors (Lipinski definition) is 2. The van der Waals surface area contributed by atoms with Gasteiger partial charge in [0, 0.05) is 23.4 Å². The van der Waals surface area contributed by atoms with E-state index in [1.54, 1.807) is 12.1 Å². The molecule has 0 aliphatic heterocycles. The van der Waals surface area contributed by atoms with E-state index in [4.69, 9.17) is 0 Å². The summed E-state index contributed by atoms with van der Waals surface area (Å²) < 4.78 is 1.45. The predicted molar refractivity (Wildman–Crippen MR) is 105 cm³/mol. The van der Waals surface area contributed by atoms with Crippen molar-refractivity contribution < 1.29 is 4.79 Å². The van der Waals surface area contributed by atoms with Crippen LogP contribution in [0.3, 0.4) is 0 Å². The van der Waals surface area contributed by atoms with Crippen LogP contribution in [0.1, 0.15) is 46.2 Å². The Balaban J connectivity index is 1.96. The second-order valence-corrected chi connectivity index (χ2v) is 6.65. The molecular weight excluding hydrogens is 342 g/mol. The maximum absolute atomic E-state index is 12.7. The van der Waals surface area contributed by atoms with Gasteiger partial charge in [-0.1, -0.05) is 19.4 Å². The van der Waals surface area contributed by atoms with E-state index in [1.165, 1.54) is 10.7 Å². The van der Waals surface area contributed by atoms with Crippen LogP contribution in [0.15, 0.2) is 35.1 Å². The van der Waals surface area contributed by atoms with E-state index >= 15 is 0 Å². The molecule has 2 heterocycles. The van der Waals surface area contributed by atoms with Gasteiger partial charge in [-0.2, -0.15) is 9.78 Å². The maximum Gasteiger partial charge on any atom is 0.256 e. The monoisotopic (exact) mass is 365 g/mol. The van der Waals surface area contributed by atoms with E-state index in [1.807, 2.05) is 39.8 Å². The number of hydrogen-bond acceptors (Lipinski definition) is 4. The first-order valence-corrected chi connectivity index (χ1v) is 8.93. The van der Waals surface area contributed by atoms with Crippen molar-refractivity contribution in [3.8, 4) is 5.95 Å². The third-order valence-corrected chi connectivity index (χ3v) is 4.33. The molecule has 0 fully saturated rings. The van der Waals surface area contributed by atoms with Crippen molar-refractivity contribution in [1.82, 2.24) is 19.7 Å². The van der Waals surface area contributed by atoms with Gasteiger partial charge in [-0.25, -0.2) is 4.98 Å². The Labute approximate surface area is 157 Å². The zero-order chi connectivity index (χ0) is 19.6. The summed E-state index contributed by atoms with van der Waals surface area (Å²) in [7, 11) is 0. The number of aryl methyl sites for hydroxylation is 4. The van der Waals surface area contributed by atoms with Gasteiger partial charge in [0.1, 0.15) is 5.82 Å². The highest BCUT2D eigenvalue weighted by Gasteiger charge is 2.15. The molecule has 1 aromatic carbocycles. The van der Waals surface area contributed by atoms with E-state index in [0.717, 1.165) is 17.5 Å². The van der Waals surface area contributed by atoms with Crippen LogP contribution < -0.4 is 10.9 Å². The van der Waals surface area contributed by atoms with E-state index in [-0.39, 0.29) is 17.4 Å². The quantitative estimate of drug-likeness (QED) is 0.727. The molecule has 0 unspecified atom stereocenters. The number of carbonyl (C=O) groups excluding carboxylic acids is 1. The van der Waals surface area contributed by atoms with Crippen LogP contribution in [0.4, 0.5) is 5.82 Å². The van der Waals surface area contributed by atoms with Crippen LogP contribution in [0, 0.1) is 20.8 Å². The average Bonchev–Trinajstić information content (AvgIpc) is 2.97. The Morgan fingerprint density at radius 2 is 1.93 bits per heavy atom. The van der Waals surface area contributed by atoms with Crippen molar-refractivity contribution in [2.24, 2.45) is 0 Å². The van der Waals surface area contributed by atoms with E-state index in [2.05, 4.69) is 20.4 Å². The van der Waals surface area contributed by atoms with E-state index < -0.39 is 0 Å². The lowest BCUT2D eigenvalue weighted by molar-refractivity contribution is 0.102. The third-order valence-electron chi connectivity index (χ3n) is 4.33. The highest BCUT2D eigenvalue weighted by atomic mass is 16.1. The molecule has 2 aromatic heterocycles. The first kappa shape index (κ1) is 18.6. The third kappa shape index (κ3) is 4.13. The number of H-pyrrole nitrogens is 1. The number of nitrogens with zero attached hydrogens (tertiary/aromatic N) is 3. The zero-order valence-corrected chi connectivity index (χ0v) is 16.0. The summed E-state index contributed by atoms with van der Waals surface area (Å²) in [4.78, 5) is 31.8. The molecule has 0 aliphatic rings. The first-order chi connectivity index (χ1) is 12.9. The van der Waals surface area contributed by atoms with Crippen LogP contribution in [0.5, 0.6) is 0 Å². The summed E-state index contributed by atoms with van der Waals surface area (Å²) in [6, 6.07) is 8.77. The summed E-state index contributed by atoms with van der Waals surface area (Å²) in [6.45, 7) is 7.81. The fourth-order valence-corrected chi connectivity index (χ4v) is 2.80. The maximum atomic E-state index is 12.7. The van der Waals surface area contributed by atoms with Crippen molar-refractivity contribution in [1.29, 1.82) is 0 Å². The molecule has 0 saturated heterocycles. The Bertz CT molecular complexity index is 1050. The minimum atomic E-state index is -0.247. The van der Waals surface area contributed by atoms with Crippen molar-refractivity contribution in [3.05, 3.63) is 68.8 Å². The Kier molecular flexibility index (Phi) is 5.21. The van der Waals surface area contributed by atoms with Gasteiger partial charge in [0.25, 0.3) is 11.5 Å². The molecule has 7 heteroatoms. The Hall–Kier alpha value is -3.22. The lowest BCUT2D eigenvalue weighted by atomic mass is 10.1. The lowest BCUT2D eigenvalue weighted by Crippen LogP contribution is -2.19. The second-order valence-electron chi connectivity index (χ2n) is 6.65. The topological polar surface area (TPSA) is 92.7 Å². The molecule has 140 valence electrons. The minimum absolute atomic E-state index is 0.244. The number of aromatic amines is 1. The number of benzene rings is 1. The number of amides is 1. The SMILES string of the molecule is CCCc1cc(=O)[nH]c(-n2nc(C)cc2NC(=O)c2ccc(C)c(C)c2)n1. The smallest absolute Gasteiger partial charge is 0.256 e.